The Balaban J connectivity index is 0.00000240. The number of amides is 4. The summed E-state index contributed by atoms with van der Waals surface area (Å²) in [5.41, 5.74) is 1.73. The summed E-state index contributed by atoms with van der Waals surface area (Å²) in [5.74, 6) is -3.01. The Morgan fingerprint density at radius 1 is 0.931 bits per heavy atom. The van der Waals surface area contributed by atoms with Gasteiger partial charge in [0.25, 0.3) is 29.0 Å². The maximum atomic E-state index is 12.8. The molecule has 6 nitrogen and oxygen atoms in total. The molecule has 4 rings (SSSR count). The summed E-state index contributed by atoms with van der Waals surface area (Å²) in [6.07, 6.45) is 0.835. The second-order valence-electron chi connectivity index (χ2n) is 7.20. The first-order valence-corrected chi connectivity index (χ1v) is 9.15. The van der Waals surface area contributed by atoms with Crippen molar-refractivity contribution < 1.29 is 51.9 Å². The molecule has 145 valence electrons. The molecule has 0 saturated carbocycles. The molecular formula is C22H19N2O4Y-. The quantitative estimate of drug-likeness (QED) is 0.395. The zero-order chi connectivity index (χ0) is 20.2. The third-order valence-electron chi connectivity index (χ3n) is 5.56. The largest absolute Gasteiger partial charge is 0.285 e. The number of β-lactam (4-membered cyclic amide) rings is 4. The third-order valence-corrected chi connectivity index (χ3v) is 5.56. The second-order valence-corrected chi connectivity index (χ2v) is 7.20. The molecule has 2 aromatic rings. The van der Waals surface area contributed by atoms with Gasteiger partial charge < -0.3 is 0 Å². The molecular weight excluding hydrogens is 445 g/mol. The van der Waals surface area contributed by atoms with Crippen LogP contribution in [0.2, 0.25) is 0 Å². The van der Waals surface area contributed by atoms with Crippen molar-refractivity contribution in [1.29, 1.82) is 0 Å². The number of hydrogen-bond acceptors (Lipinski definition) is 4. The minimum absolute atomic E-state index is 0. The number of carbonyl (C=O) groups is 4. The van der Waals surface area contributed by atoms with Crippen LogP contribution in [0.15, 0.2) is 36.4 Å². The first kappa shape index (κ1) is 21.5. The third kappa shape index (κ3) is 2.84. The van der Waals surface area contributed by atoms with E-state index in [4.69, 9.17) is 0 Å². The summed E-state index contributed by atoms with van der Waals surface area (Å²) in [4.78, 5) is 52.9. The van der Waals surface area contributed by atoms with Gasteiger partial charge in [0.1, 0.15) is 0 Å². The molecule has 0 aromatic heterocycles. The number of aryl methyl sites for hydroxylation is 3. The van der Waals surface area contributed by atoms with Crippen LogP contribution in [0, 0.1) is 25.3 Å². The van der Waals surface area contributed by atoms with E-state index in [9.17, 15) is 19.2 Å². The number of nitrogens with zero attached hydrogens (tertiary/aromatic N) is 2. The fourth-order valence-electron chi connectivity index (χ4n) is 3.91. The Morgan fingerprint density at radius 3 is 2.14 bits per heavy atom. The van der Waals surface area contributed by atoms with Crippen molar-refractivity contribution in [3.63, 3.8) is 0 Å². The van der Waals surface area contributed by atoms with Crippen LogP contribution in [0.1, 0.15) is 29.2 Å². The normalized spacial score (nSPS) is 17.2. The molecule has 0 bridgehead atoms. The maximum absolute atomic E-state index is 12.8. The molecule has 0 unspecified atom stereocenters. The Kier molecular flexibility index (Phi) is 5.63. The number of rotatable bonds is 4. The van der Waals surface area contributed by atoms with Crippen molar-refractivity contribution in [3.8, 4) is 0 Å². The minimum Gasteiger partial charge on any atom is -0.276 e. The Bertz CT molecular complexity index is 1010. The van der Waals surface area contributed by atoms with Crippen molar-refractivity contribution >= 4 is 29.3 Å². The van der Waals surface area contributed by atoms with Crippen LogP contribution in [-0.2, 0) is 64.9 Å². The Hall–Kier alpha value is -2.18. The van der Waals surface area contributed by atoms with Gasteiger partial charge in [-0.15, -0.1) is 5.56 Å². The van der Waals surface area contributed by atoms with Crippen molar-refractivity contribution in [2.24, 2.45) is 5.41 Å². The predicted molar refractivity (Wildman–Crippen MR) is 101 cm³/mol. The SMILES string of the molecule is CCc1cc(C)c(N2C(=O)C3(C(=O)N(Cc4[c-]cccc4)C3=O)C2=O)cc1C.[Y]. The smallest absolute Gasteiger partial charge is 0.276 e. The summed E-state index contributed by atoms with van der Waals surface area (Å²) in [5, 5.41) is 0. The van der Waals surface area contributed by atoms with Gasteiger partial charge in [0.05, 0.1) is 5.69 Å². The summed E-state index contributed by atoms with van der Waals surface area (Å²) < 4.78 is 0. The average molecular weight is 464 g/mol. The first-order valence-electron chi connectivity index (χ1n) is 9.15. The first-order chi connectivity index (χ1) is 13.3. The summed E-state index contributed by atoms with van der Waals surface area (Å²) in [7, 11) is 0. The van der Waals surface area contributed by atoms with Crippen LogP contribution in [0.3, 0.4) is 0 Å². The van der Waals surface area contributed by atoms with Gasteiger partial charge in [0.2, 0.25) is 0 Å². The molecule has 0 aliphatic carbocycles. The van der Waals surface area contributed by atoms with Crippen LogP contribution >= 0.6 is 0 Å². The van der Waals surface area contributed by atoms with Crippen LogP contribution < -0.4 is 4.90 Å². The van der Waals surface area contributed by atoms with Crippen molar-refractivity contribution in [1.82, 2.24) is 4.90 Å². The van der Waals surface area contributed by atoms with E-state index in [-0.39, 0.29) is 39.3 Å². The molecule has 2 saturated heterocycles. The molecule has 2 aliphatic heterocycles. The van der Waals surface area contributed by atoms with Gasteiger partial charge >= 0.3 is 0 Å². The molecule has 0 N–H and O–H groups in total. The van der Waals surface area contributed by atoms with Crippen LogP contribution in [0.4, 0.5) is 5.69 Å². The van der Waals surface area contributed by atoms with Gasteiger partial charge in [0, 0.05) is 39.3 Å². The molecule has 29 heavy (non-hydrogen) atoms. The van der Waals surface area contributed by atoms with E-state index in [0.717, 1.165) is 32.9 Å². The molecule has 4 amide bonds. The summed E-state index contributed by atoms with van der Waals surface area (Å²) in [6.45, 7) is 5.75. The van der Waals surface area contributed by atoms with Gasteiger partial charge in [-0.3, -0.25) is 24.1 Å². The van der Waals surface area contributed by atoms with Crippen LogP contribution in [-0.4, -0.2) is 28.5 Å². The van der Waals surface area contributed by atoms with Crippen molar-refractivity contribution in [2.45, 2.75) is 33.7 Å². The summed E-state index contributed by atoms with van der Waals surface area (Å²) in [6, 6.07) is 13.6. The van der Waals surface area contributed by atoms with Gasteiger partial charge in [0.15, 0.2) is 0 Å². The van der Waals surface area contributed by atoms with Gasteiger partial charge in [-0.1, -0.05) is 13.0 Å². The van der Waals surface area contributed by atoms with Crippen molar-refractivity contribution in [3.05, 3.63) is 64.7 Å². The number of benzene rings is 2. The monoisotopic (exact) mass is 464 g/mol. The van der Waals surface area contributed by atoms with Gasteiger partial charge in [-0.25, -0.2) is 4.90 Å². The zero-order valence-electron chi connectivity index (χ0n) is 16.5. The van der Waals surface area contributed by atoms with E-state index in [2.05, 4.69) is 6.07 Å². The molecule has 2 fully saturated rings. The van der Waals surface area contributed by atoms with Crippen LogP contribution in [0.5, 0.6) is 0 Å². The molecule has 2 heterocycles. The molecule has 2 aromatic carbocycles. The number of imide groups is 2. The van der Waals surface area contributed by atoms with Gasteiger partial charge in [-0.05, 0) is 43.0 Å². The van der Waals surface area contributed by atoms with E-state index in [1.807, 2.05) is 19.9 Å². The second kappa shape index (κ2) is 7.58. The molecule has 0 atom stereocenters. The molecule has 1 radical (unpaired) electrons. The van der Waals surface area contributed by atoms with E-state index in [1.54, 1.807) is 37.3 Å². The van der Waals surface area contributed by atoms with E-state index < -0.39 is 29.0 Å². The minimum atomic E-state index is -2.18. The number of carbonyl (C=O) groups excluding carboxylic acids is 4. The van der Waals surface area contributed by atoms with Gasteiger partial charge in [-0.2, -0.15) is 30.3 Å². The Morgan fingerprint density at radius 2 is 1.59 bits per heavy atom. The number of hydrogen-bond donors (Lipinski definition) is 0. The average Bonchev–Trinajstić information content (AvgIpc) is 2.69. The topological polar surface area (TPSA) is 74.8 Å². The van der Waals surface area contributed by atoms with E-state index in [1.165, 1.54) is 0 Å². The molecule has 1 spiro atoms. The van der Waals surface area contributed by atoms with Crippen molar-refractivity contribution in [2.75, 3.05) is 4.90 Å². The van der Waals surface area contributed by atoms with E-state index in [0.29, 0.717) is 11.3 Å². The fraction of sp³-hybridized carbons (Fsp3) is 0.273. The zero-order valence-corrected chi connectivity index (χ0v) is 19.3. The number of anilines is 1. The fourth-order valence-corrected chi connectivity index (χ4v) is 3.91. The molecule has 7 heteroatoms. The summed E-state index contributed by atoms with van der Waals surface area (Å²) >= 11 is 0. The molecule has 2 aliphatic rings. The standard InChI is InChI=1S/C22H19N2O4.Y/c1-4-16-10-14(3)17(11-13(16)2)24-20(27)22(21(24)28)18(25)23(19(22)26)12-15-8-6-5-7-9-15;/h5-8,10-11H,4,12H2,1-3H3;/q-1;. The Labute approximate surface area is 194 Å². The van der Waals surface area contributed by atoms with Crippen LogP contribution in [0.25, 0.3) is 0 Å². The predicted octanol–water partition coefficient (Wildman–Crippen LogP) is 2.09. The number of likely N-dealkylation sites (tertiary alicyclic amines) is 1. The van der Waals surface area contributed by atoms with E-state index >= 15 is 0 Å². The maximum Gasteiger partial charge on any atom is 0.285 e.